The summed E-state index contributed by atoms with van der Waals surface area (Å²) >= 11 is 5.67. The van der Waals surface area contributed by atoms with Gasteiger partial charge < -0.3 is 9.53 Å². The van der Waals surface area contributed by atoms with Crippen LogP contribution in [0.15, 0.2) is 24.3 Å². The number of para-hydroxylation sites is 1. The summed E-state index contributed by atoms with van der Waals surface area (Å²) in [5.41, 5.74) is 0.437. The van der Waals surface area contributed by atoms with E-state index >= 15 is 0 Å². The number of hydrogen-bond acceptors (Lipinski definition) is 4. The first-order chi connectivity index (χ1) is 12.5. The molecule has 1 aliphatic rings. The molecular weight excluding hydrogens is 375 g/mol. The third-order valence-electron chi connectivity index (χ3n) is 4.88. The van der Waals surface area contributed by atoms with Crippen LogP contribution in [0.2, 0.25) is 0 Å². The smallest absolute Gasteiger partial charge is 0.425 e. The molecule has 1 aromatic rings. The molecule has 4 nitrogen and oxygen atoms in total. The molecule has 2 rings (SSSR count). The van der Waals surface area contributed by atoms with Crippen molar-refractivity contribution in [1.29, 1.82) is 0 Å². The zero-order valence-corrected chi connectivity index (χ0v) is 19.1. The average Bonchev–Trinajstić information content (AvgIpc) is 2.60. The number of esters is 1. The van der Waals surface area contributed by atoms with E-state index in [1.54, 1.807) is 24.3 Å². The van der Waals surface area contributed by atoms with E-state index in [2.05, 4.69) is 0 Å². The van der Waals surface area contributed by atoms with E-state index in [9.17, 15) is 14.4 Å². The van der Waals surface area contributed by atoms with E-state index in [4.69, 9.17) is 16.3 Å². The van der Waals surface area contributed by atoms with Crippen LogP contribution in [-0.4, -0.2) is 23.4 Å². The summed E-state index contributed by atoms with van der Waals surface area (Å²) in [7, 11) is 0. The molecule has 0 fully saturated rings. The van der Waals surface area contributed by atoms with Gasteiger partial charge in [-0.15, -0.1) is 11.6 Å². The Kier molecular flexibility index (Phi) is 11.5. The number of carbonyl (C=O) groups is 3. The van der Waals surface area contributed by atoms with Crippen LogP contribution in [0.1, 0.15) is 68.6 Å². The van der Waals surface area contributed by atoms with Crippen molar-refractivity contribution in [2.75, 3.05) is 5.88 Å². The zero-order chi connectivity index (χ0) is 18.9. The minimum Gasteiger partial charge on any atom is -0.425 e. The van der Waals surface area contributed by atoms with Gasteiger partial charge in [-0.05, 0) is 37.8 Å². The van der Waals surface area contributed by atoms with Crippen LogP contribution in [0.5, 0.6) is 5.75 Å². The van der Waals surface area contributed by atoms with Gasteiger partial charge in [0.2, 0.25) is 0 Å². The molecule has 0 bridgehead atoms. The molecule has 0 saturated carbocycles. The molecule has 0 aliphatic carbocycles. The maximum atomic E-state index is 12.8. The van der Waals surface area contributed by atoms with Gasteiger partial charge in [-0.2, -0.15) is 0 Å². The number of hydrogen-bond donors (Lipinski definition) is 0. The predicted octanol–water partition coefficient (Wildman–Crippen LogP) is 1.97. The molecule has 2 unspecified atom stereocenters. The van der Waals surface area contributed by atoms with Gasteiger partial charge in [0, 0.05) is 12.3 Å². The third-order valence-corrected chi connectivity index (χ3v) is 5.15. The number of ketones is 2. The van der Waals surface area contributed by atoms with E-state index in [0.717, 1.165) is 38.5 Å². The molecule has 27 heavy (non-hydrogen) atoms. The minimum absolute atomic E-state index is 0. The molecule has 0 aromatic heterocycles. The van der Waals surface area contributed by atoms with Crippen LogP contribution < -0.4 is 34.3 Å². The van der Waals surface area contributed by atoms with Crippen molar-refractivity contribution in [3.8, 4) is 5.75 Å². The number of unbranched alkanes of at least 4 members (excludes halogenated alkanes) is 5. The van der Waals surface area contributed by atoms with Gasteiger partial charge >= 0.3 is 35.5 Å². The van der Waals surface area contributed by atoms with Crippen LogP contribution in [0.25, 0.3) is 0 Å². The maximum Gasteiger partial charge on any atom is 1.00 e. The van der Waals surface area contributed by atoms with E-state index in [1.807, 2.05) is 0 Å². The van der Waals surface area contributed by atoms with E-state index in [0.29, 0.717) is 23.6 Å². The van der Waals surface area contributed by atoms with Crippen molar-refractivity contribution in [2.45, 2.75) is 58.3 Å². The molecule has 1 aliphatic heterocycles. The quantitative estimate of drug-likeness (QED) is 0.142. The summed E-state index contributed by atoms with van der Waals surface area (Å²) in [6.45, 7) is 1.51. The van der Waals surface area contributed by atoms with Gasteiger partial charge in [0.25, 0.3) is 0 Å². The average molecular weight is 402 g/mol. The first kappa shape index (κ1) is 24.4. The van der Waals surface area contributed by atoms with E-state index < -0.39 is 11.9 Å². The monoisotopic (exact) mass is 401 g/mol. The molecule has 0 saturated heterocycles. The van der Waals surface area contributed by atoms with Gasteiger partial charge in [0.05, 0.1) is 5.56 Å². The van der Waals surface area contributed by atoms with E-state index in [1.165, 1.54) is 6.92 Å². The van der Waals surface area contributed by atoms with Crippen LogP contribution >= 0.6 is 11.6 Å². The summed E-state index contributed by atoms with van der Waals surface area (Å²) in [6.07, 6.45) is 7.27. The molecule has 0 spiro atoms. The molecule has 0 radical (unpaired) electrons. The fourth-order valence-electron chi connectivity index (χ4n) is 3.58. The Bertz CT molecular complexity index is 647. The molecule has 0 N–H and O–H groups in total. The fraction of sp³-hybridized carbons (Fsp3) is 0.571. The molecule has 0 amide bonds. The van der Waals surface area contributed by atoms with Gasteiger partial charge in [-0.25, -0.2) is 0 Å². The number of alkyl halides is 1. The summed E-state index contributed by atoms with van der Waals surface area (Å²) < 4.78 is 5.37. The number of Topliss-reactive ketones (excluding diaryl/α,β-unsaturated/α-hetero) is 2. The molecule has 1 heterocycles. The normalized spacial score (nSPS) is 16.9. The fourth-order valence-corrected chi connectivity index (χ4v) is 3.77. The van der Waals surface area contributed by atoms with Crippen molar-refractivity contribution in [2.24, 2.45) is 11.8 Å². The zero-order valence-electron chi connectivity index (χ0n) is 16.3. The SMILES string of the molecule is CC(=O)CC(CCCCCCCCCl)C1C(=O)Oc2ccccc2C1=O.[Na+]. The Hall–Kier alpha value is -0.680. The second kappa shape index (κ2) is 12.7. The first-order valence-electron chi connectivity index (χ1n) is 9.45. The van der Waals surface area contributed by atoms with Crippen molar-refractivity contribution >= 4 is 29.1 Å². The van der Waals surface area contributed by atoms with Crippen molar-refractivity contribution in [3.63, 3.8) is 0 Å². The standard InChI is InChI=1S/C21H27ClO4.Na/c1-15(23)14-16(10-6-4-2-3-5-9-13-22)19-20(24)17-11-7-8-12-18(17)26-21(19)25;/h7-8,11-12,16,19H,2-6,9-10,13-14H2,1H3;/q;+1. The number of ether oxygens (including phenoxy) is 1. The van der Waals surface area contributed by atoms with Crippen LogP contribution in [-0.2, 0) is 9.59 Å². The van der Waals surface area contributed by atoms with Gasteiger partial charge in [-0.1, -0.05) is 44.2 Å². The topological polar surface area (TPSA) is 60.4 Å². The van der Waals surface area contributed by atoms with Crippen LogP contribution in [0.3, 0.4) is 0 Å². The summed E-state index contributed by atoms with van der Waals surface area (Å²) in [5, 5.41) is 0. The second-order valence-electron chi connectivity index (χ2n) is 7.02. The van der Waals surface area contributed by atoms with Gasteiger partial charge in [0.15, 0.2) is 5.78 Å². The maximum absolute atomic E-state index is 12.8. The number of rotatable bonds is 11. The van der Waals surface area contributed by atoms with Gasteiger partial charge in [-0.3, -0.25) is 9.59 Å². The van der Waals surface area contributed by atoms with Gasteiger partial charge in [0.1, 0.15) is 17.5 Å². The van der Waals surface area contributed by atoms with Crippen LogP contribution in [0, 0.1) is 11.8 Å². The summed E-state index contributed by atoms with van der Waals surface area (Å²) in [6, 6.07) is 6.80. The molecule has 2 atom stereocenters. The van der Waals surface area contributed by atoms with Crippen molar-refractivity contribution in [1.82, 2.24) is 0 Å². The Morgan fingerprint density at radius 1 is 1.07 bits per heavy atom. The number of benzene rings is 1. The molecular formula is C21H27ClNaO4+. The third kappa shape index (κ3) is 7.34. The number of fused-ring (bicyclic) bond motifs is 1. The Balaban J connectivity index is 0.00000364. The second-order valence-corrected chi connectivity index (χ2v) is 7.40. The Morgan fingerprint density at radius 3 is 2.37 bits per heavy atom. The summed E-state index contributed by atoms with van der Waals surface area (Å²) in [4.78, 5) is 37.0. The first-order valence-corrected chi connectivity index (χ1v) is 9.98. The number of carbonyl (C=O) groups excluding carboxylic acids is 3. The minimum atomic E-state index is -0.870. The van der Waals surface area contributed by atoms with Crippen LogP contribution in [0.4, 0.5) is 0 Å². The predicted molar refractivity (Wildman–Crippen MR) is 102 cm³/mol. The Labute approximate surface area is 188 Å². The molecule has 6 heteroatoms. The van der Waals surface area contributed by atoms with Crippen molar-refractivity contribution in [3.05, 3.63) is 29.8 Å². The molecule has 1 aromatic carbocycles. The molecule has 142 valence electrons. The summed E-state index contributed by atoms with van der Waals surface area (Å²) in [5.74, 6) is -0.883. The Morgan fingerprint density at radius 2 is 1.70 bits per heavy atom. The van der Waals surface area contributed by atoms with E-state index in [-0.39, 0.29) is 53.5 Å². The largest absolute Gasteiger partial charge is 1.00 e. The van der Waals surface area contributed by atoms with Crippen molar-refractivity contribution < 1.29 is 48.7 Å². The number of halogens is 1.